The number of aliphatic hydroxyl groups is 1. The van der Waals surface area contributed by atoms with Gasteiger partial charge in [-0.05, 0) is 41.7 Å². The standard InChI is InChI=1S/C26H33NO2/c1-3-13-26(28,14-4-2)15-12-22-8-7-9-23(18-22)21-29-17-16-27-19-24-10-5-6-11-25(24)20-27/h5-11,18,28H,3-4,13-14,16-17,19-21H2,1-2H3. The number of rotatable bonds is 9. The van der Waals surface area contributed by atoms with Crippen molar-refractivity contribution in [3.05, 3.63) is 70.8 Å². The van der Waals surface area contributed by atoms with E-state index in [4.69, 9.17) is 4.74 Å². The van der Waals surface area contributed by atoms with Crippen LogP contribution in [0.25, 0.3) is 0 Å². The van der Waals surface area contributed by atoms with Crippen molar-refractivity contribution in [1.82, 2.24) is 4.90 Å². The van der Waals surface area contributed by atoms with Gasteiger partial charge in [0.05, 0.1) is 13.2 Å². The Balaban J connectivity index is 1.47. The molecular formula is C26H33NO2. The van der Waals surface area contributed by atoms with E-state index in [9.17, 15) is 5.11 Å². The smallest absolute Gasteiger partial charge is 0.125 e. The fourth-order valence-electron chi connectivity index (χ4n) is 3.95. The largest absolute Gasteiger partial charge is 0.378 e. The van der Waals surface area contributed by atoms with Gasteiger partial charge >= 0.3 is 0 Å². The van der Waals surface area contributed by atoms with E-state index in [-0.39, 0.29) is 0 Å². The van der Waals surface area contributed by atoms with Gasteiger partial charge in [-0.15, -0.1) is 0 Å². The third-order valence-electron chi connectivity index (χ3n) is 5.42. The molecule has 3 heteroatoms. The molecule has 2 aromatic carbocycles. The Bertz CT molecular complexity index is 818. The number of benzene rings is 2. The predicted molar refractivity (Wildman–Crippen MR) is 118 cm³/mol. The Kier molecular flexibility index (Phi) is 7.89. The quantitative estimate of drug-likeness (QED) is 0.487. The van der Waals surface area contributed by atoms with Crippen molar-refractivity contribution in [3.63, 3.8) is 0 Å². The van der Waals surface area contributed by atoms with Gasteiger partial charge in [-0.25, -0.2) is 0 Å². The average Bonchev–Trinajstić information content (AvgIpc) is 3.13. The Hall–Kier alpha value is -2.12. The summed E-state index contributed by atoms with van der Waals surface area (Å²) < 4.78 is 5.92. The zero-order valence-electron chi connectivity index (χ0n) is 17.8. The number of nitrogens with zero attached hydrogens (tertiary/aromatic N) is 1. The first kappa shape index (κ1) is 21.6. The van der Waals surface area contributed by atoms with Gasteiger partial charge in [0, 0.05) is 25.2 Å². The van der Waals surface area contributed by atoms with E-state index in [1.807, 2.05) is 12.1 Å². The first-order valence-electron chi connectivity index (χ1n) is 10.8. The number of fused-ring (bicyclic) bond motifs is 1. The lowest BCUT2D eigenvalue weighted by atomic mass is 9.93. The lowest BCUT2D eigenvalue weighted by Crippen LogP contribution is -2.25. The lowest BCUT2D eigenvalue weighted by Gasteiger charge is -2.20. The van der Waals surface area contributed by atoms with E-state index >= 15 is 0 Å². The molecule has 0 saturated heterocycles. The van der Waals surface area contributed by atoms with Crippen LogP contribution in [0.1, 0.15) is 61.8 Å². The molecule has 2 aromatic rings. The van der Waals surface area contributed by atoms with Crippen LogP contribution >= 0.6 is 0 Å². The molecular weight excluding hydrogens is 358 g/mol. The van der Waals surface area contributed by atoms with Crippen molar-refractivity contribution in [2.75, 3.05) is 13.2 Å². The molecule has 0 bridgehead atoms. The van der Waals surface area contributed by atoms with Crippen LogP contribution in [-0.4, -0.2) is 28.8 Å². The van der Waals surface area contributed by atoms with E-state index in [2.05, 4.69) is 67.0 Å². The fourth-order valence-corrected chi connectivity index (χ4v) is 3.95. The fraction of sp³-hybridized carbons (Fsp3) is 0.462. The van der Waals surface area contributed by atoms with Crippen molar-refractivity contribution >= 4 is 0 Å². The second kappa shape index (κ2) is 10.6. The number of hydrogen-bond acceptors (Lipinski definition) is 3. The molecule has 0 atom stereocenters. The van der Waals surface area contributed by atoms with Gasteiger partial charge in [-0.2, -0.15) is 0 Å². The van der Waals surface area contributed by atoms with Crippen molar-refractivity contribution in [2.24, 2.45) is 0 Å². The minimum absolute atomic E-state index is 0.588. The molecule has 3 rings (SSSR count). The van der Waals surface area contributed by atoms with Crippen LogP contribution in [0, 0.1) is 11.8 Å². The minimum atomic E-state index is -0.872. The maximum atomic E-state index is 10.7. The van der Waals surface area contributed by atoms with Crippen molar-refractivity contribution in [2.45, 2.75) is 64.8 Å². The topological polar surface area (TPSA) is 32.7 Å². The molecule has 154 valence electrons. The van der Waals surface area contributed by atoms with Crippen LogP contribution in [0.15, 0.2) is 48.5 Å². The summed E-state index contributed by atoms with van der Waals surface area (Å²) >= 11 is 0. The highest BCUT2D eigenvalue weighted by Crippen LogP contribution is 2.22. The van der Waals surface area contributed by atoms with Gasteiger partial charge in [-0.1, -0.05) is 74.9 Å². The Morgan fingerprint density at radius 1 is 1.00 bits per heavy atom. The Morgan fingerprint density at radius 2 is 1.69 bits per heavy atom. The Morgan fingerprint density at radius 3 is 2.34 bits per heavy atom. The summed E-state index contributed by atoms with van der Waals surface area (Å²) in [6.07, 6.45) is 3.30. The van der Waals surface area contributed by atoms with Gasteiger partial charge in [0.25, 0.3) is 0 Å². The van der Waals surface area contributed by atoms with Crippen LogP contribution in [0.3, 0.4) is 0 Å². The number of hydrogen-bond donors (Lipinski definition) is 1. The zero-order valence-corrected chi connectivity index (χ0v) is 17.8. The normalized spacial score (nSPS) is 13.8. The van der Waals surface area contributed by atoms with Crippen LogP contribution in [0.4, 0.5) is 0 Å². The van der Waals surface area contributed by atoms with Gasteiger partial charge in [-0.3, -0.25) is 4.90 Å². The Labute approximate surface area is 175 Å². The first-order valence-corrected chi connectivity index (χ1v) is 10.8. The lowest BCUT2D eigenvalue weighted by molar-refractivity contribution is 0.0807. The molecule has 0 aliphatic carbocycles. The maximum Gasteiger partial charge on any atom is 0.125 e. The van der Waals surface area contributed by atoms with Gasteiger partial charge in [0.2, 0.25) is 0 Å². The van der Waals surface area contributed by atoms with Crippen molar-refractivity contribution in [1.29, 1.82) is 0 Å². The van der Waals surface area contributed by atoms with Crippen LogP contribution in [0.2, 0.25) is 0 Å². The zero-order chi connectivity index (χ0) is 20.5. The molecule has 0 fully saturated rings. The monoisotopic (exact) mass is 391 g/mol. The molecule has 1 N–H and O–H groups in total. The summed E-state index contributed by atoms with van der Waals surface area (Å²) in [5, 5.41) is 10.7. The van der Waals surface area contributed by atoms with Crippen molar-refractivity contribution < 1.29 is 9.84 Å². The second-order valence-electron chi connectivity index (χ2n) is 8.01. The van der Waals surface area contributed by atoms with Crippen molar-refractivity contribution in [3.8, 4) is 11.8 Å². The van der Waals surface area contributed by atoms with Crippen LogP contribution < -0.4 is 0 Å². The molecule has 3 nitrogen and oxygen atoms in total. The first-order chi connectivity index (χ1) is 14.1. The van der Waals surface area contributed by atoms with E-state index < -0.39 is 5.60 Å². The highest BCUT2D eigenvalue weighted by atomic mass is 16.5. The average molecular weight is 392 g/mol. The summed E-state index contributed by atoms with van der Waals surface area (Å²) in [5.41, 5.74) is 4.06. The maximum absolute atomic E-state index is 10.7. The van der Waals surface area contributed by atoms with Gasteiger partial charge < -0.3 is 9.84 Å². The van der Waals surface area contributed by atoms with Gasteiger partial charge in [0.15, 0.2) is 0 Å². The summed E-state index contributed by atoms with van der Waals surface area (Å²) in [5.74, 6) is 6.29. The summed E-state index contributed by atoms with van der Waals surface area (Å²) in [6, 6.07) is 16.8. The van der Waals surface area contributed by atoms with E-state index in [1.54, 1.807) is 0 Å². The van der Waals surface area contributed by atoms with Gasteiger partial charge in [0.1, 0.15) is 5.60 Å². The minimum Gasteiger partial charge on any atom is -0.378 e. The summed E-state index contributed by atoms with van der Waals surface area (Å²) in [4.78, 5) is 2.43. The predicted octanol–water partition coefficient (Wildman–Crippen LogP) is 4.90. The molecule has 0 radical (unpaired) electrons. The SMILES string of the molecule is CCCC(O)(C#Cc1cccc(COCCN2Cc3ccccc3C2)c1)CCC. The molecule has 0 saturated carbocycles. The van der Waals surface area contributed by atoms with E-state index in [0.29, 0.717) is 6.61 Å². The van der Waals surface area contributed by atoms with E-state index in [1.165, 1.54) is 11.1 Å². The molecule has 0 aromatic heterocycles. The van der Waals surface area contributed by atoms with Crippen LogP contribution in [0.5, 0.6) is 0 Å². The highest BCUT2D eigenvalue weighted by Gasteiger charge is 2.21. The van der Waals surface area contributed by atoms with E-state index in [0.717, 1.165) is 63.1 Å². The summed E-state index contributed by atoms with van der Waals surface area (Å²) in [6.45, 7) is 8.45. The molecule has 29 heavy (non-hydrogen) atoms. The molecule has 0 unspecified atom stereocenters. The third kappa shape index (κ3) is 6.44. The molecule has 0 amide bonds. The highest BCUT2D eigenvalue weighted by molar-refractivity contribution is 5.38. The molecule has 0 spiro atoms. The number of ether oxygens (including phenoxy) is 1. The molecule has 1 aliphatic heterocycles. The molecule has 1 heterocycles. The molecule has 1 aliphatic rings. The second-order valence-corrected chi connectivity index (χ2v) is 8.01. The third-order valence-corrected chi connectivity index (χ3v) is 5.42. The summed E-state index contributed by atoms with van der Waals surface area (Å²) in [7, 11) is 0. The van der Waals surface area contributed by atoms with Crippen LogP contribution in [-0.2, 0) is 24.4 Å².